The molecule has 1 unspecified atom stereocenters. The maximum atomic E-state index is 12.2. The minimum atomic E-state index is -1.06. The summed E-state index contributed by atoms with van der Waals surface area (Å²) in [5.74, 6) is -0.198. The monoisotopic (exact) mass is 487 g/mol. The number of ether oxygens (including phenoxy) is 2. The van der Waals surface area contributed by atoms with Gasteiger partial charge in [0.1, 0.15) is 5.75 Å². The molecule has 0 spiro atoms. The number of amides is 2. The van der Waals surface area contributed by atoms with E-state index in [1.807, 2.05) is 4.90 Å². The van der Waals surface area contributed by atoms with Gasteiger partial charge in [0.2, 0.25) is 5.91 Å². The summed E-state index contributed by atoms with van der Waals surface area (Å²) in [5, 5.41) is 13.3. The first kappa shape index (κ1) is 24.4. The minimum Gasteiger partial charge on any atom is -0.496 e. The largest absolute Gasteiger partial charge is 0.496 e. The summed E-state index contributed by atoms with van der Waals surface area (Å²) in [4.78, 5) is 39.2. The smallest absolute Gasteiger partial charge is 0.407 e. The Morgan fingerprint density at radius 2 is 2.09 bits per heavy atom. The average Bonchev–Trinajstić information content (AvgIpc) is 3.36. The van der Waals surface area contributed by atoms with Gasteiger partial charge in [-0.3, -0.25) is 14.5 Å². The number of carbonyl (C=O) groups excluding carboxylic acids is 2. The fourth-order valence-corrected chi connectivity index (χ4v) is 4.95. The van der Waals surface area contributed by atoms with E-state index in [4.69, 9.17) is 32.7 Å². The first-order valence-electron chi connectivity index (χ1n) is 10.4. The molecule has 176 valence electrons. The number of rotatable bonds is 8. The quantitative estimate of drug-likeness (QED) is 0.542. The van der Waals surface area contributed by atoms with Gasteiger partial charge in [-0.05, 0) is 25.5 Å². The fraction of sp³-hybridized carbons (Fsp3) is 0.571. The highest BCUT2D eigenvalue weighted by Gasteiger charge is 2.41. The van der Waals surface area contributed by atoms with Crippen molar-refractivity contribution in [2.75, 3.05) is 39.9 Å². The molecular weight excluding hydrogens is 461 g/mol. The SMILES string of the molecule is CCOC(=O)CN(C[C@@H]1C[C@H](c2c(OC)ccc(Cl)c2Cl)CN1C(=O)O)C1CNC(=O)C1. The van der Waals surface area contributed by atoms with Crippen LogP contribution < -0.4 is 10.1 Å². The molecule has 11 heteroatoms. The number of esters is 1. The standard InChI is InChI=1S/C21H27Cl2N3O6/c1-3-32-18(28)11-25(13-7-17(27)24-8-13)10-14-6-12(9-26(14)21(29)30)19-16(31-2)5-4-15(22)20(19)23/h4-5,12-14H,3,6-11H2,1-2H3,(H,24,27)(H,29,30)/t12-,13?,14-/m0/s1. The van der Waals surface area contributed by atoms with E-state index >= 15 is 0 Å². The van der Waals surface area contributed by atoms with Crippen LogP contribution >= 0.6 is 23.2 Å². The molecule has 2 heterocycles. The molecule has 32 heavy (non-hydrogen) atoms. The zero-order chi connectivity index (χ0) is 23.4. The maximum absolute atomic E-state index is 12.2. The molecule has 0 saturated carbocycles. The molecule has 0 bridgehead atoms. The average molecular weight is 488 g/mol. The Balaban J connectivity index is 1.85. The van der Waals surface area contributed by atoms with Gasteiger partial charge in [-0.1, -0.05) is 23.2 Å². The first-order chi connectivity index (χ1) is 15.2. The lowest BCUT2D eigenvalue weighted by atomic mass is 9.95. The van der Waals surface area contributed by atoms with Gasteiger partial charge in [0.25, 0.3) is 0 Å². The Hall–Kier alpha value is -2.23. The van der Waals surface area contributed by atoms with Crippen LogP contribution in [0.3, 0.4) is 0 Å². The highest BCUT2D eigenvalue weighted by Crippen LogP contribution is 2.43. The van der Waals surface area contributed by atoms with Crippen LogP contribution in [0.5, 0.6) is 5.75 Å². The molecule has 0 aliphatic carbocycles. The topological polar surface area (TPSA) is 108 Å². The van der Waals surface area contributed by atoms with E-state index in [0.717, 1.165) is 0 Å². The first-order valence-corrected chi connectivity index (χ1v) is 11.2. The van der Waals surface area contributed by atoms with Gasteiger partial charge >= 0.3 is 12.1 Å². The van der Waals surface area contributed by atoms with Crippen LogP contribution in [0.2, 0.25) is 10.0 Å². The van der Waals surface area contributed by atoms with Crippen molar-refractivity contribution in [1.29, 1.82) is 0 Å². The Morgan fingerprint density at radius 1 is 1.34 bits per heavy atom. The molecule has 0 aromatic heterocycles. The number of benzene rings is 1. The van der Waals surface area contributed by atoms with E-state index in [2.05, 4.69) is 5.32 Å². The Kier molecular flexibility index (Phi) is 8.08. The molecule has 2 aliphatic heterocycles. The molecule has 1 aromatic rings. The minimum absolute atomic E-state index is 0.0245. The maximum Gasteiger partial charge on any atom is 0.407 e. The second-order valence-electron chi connectivity index (χ2n) is 7.90. The van der Waals surface area contributed by atoms with E-state index < -0.39 is 18.1 Å². The predicted octanol–water partition coefficient (Wildman–Crippen LogP) is 2.59. The Bertz CT molecular complexity index is 883. The molecule has 2 saturated heterocycles. The van der Waals surface area contributed by atoms with Crippen molar-refractivity contribution in [3.8, 4) is 5.75 Å². The van der Waals surface area contributed by atoms with E-state index in [1.165, 1.54) is 12.0 Å². The van der Waals surface area contributed by atoms with Crippen LogP contribution in [-0.4, -0.2) is 84.9 Å². The van der Waals surface area contributed by atoms with Gasteiger partial charge in [0.05, 0.1) is 30.3 Å². The molecule has 9 nitrogen and oxygen atoms in total. The van der Waals surface area contributed by atoms with Gasteiger partial charge in [0.15, 0.2) is 0 Å². The van der Waals surface area contributed by atoms with Crippen molar-refractivity contribution in [1.82, 2.24) is 15.1 Å². The Labute approximate surface area is 196 Å². The summed E-state index contributed by atoms with van der Waals surface area (Å²) in [5.41, 5.74) is 0.671. The second-order valence-corrected chi connectivity index (χ2v) is 8.68. The third-order valence-electron chi connectivity index (χ3n) is 5.94. The molecule has 1 aromatic carbocycles. The molecule has 2 amide bonds. The van der Waals surface area contributed by atoms with Gasteiger partial charge < -0.3 is 24.8 Å². The van der Waals surface area contributed by atoms with E-state index in [0.29, 0.717) is 34.3 Å². The van der Waals surface area contributed by atoms with Gasteiger partial charge in [-0.25, -0.2) is 4.79 Å². The van der Waals surface area contributed by atoms with Crippen LogP contribution in [0.25, 0.3) is 0 Å². The fourth-order valence-electron chi connectivity index (χ4n) is 4.47. The number of carboxylic acid groups (broad SMARTS) is 1. The van der Waals surface area contributed by atoms with Crippen molar-refractivity contribution in [2.24, 2.45) is 0 Å². The lowest BCUT2D eigenvalue weighted by molar-refractivity contribution is -0.145. The van der Waals surface area contributed by atoms with Crippen molar-refractivity contribution >= 4 is 41.2 Å². The number of hydrogen-bond acceptors (Lipinski definition) is 6. The normalized spacial score (nSPS) is 22.8. The lowest BCUT2D eigenvalue weighted by Gasteiger charge is -2.32. The third kappa shape index (κ3) is 5.39. The molecule has 3 rings (SSSR count). The zero-order valence-corrected chi connectivity index (χ0v) is 19.5. The highest BCUT2D eigenvalue weighted by atomic mass is 35.5. The molecule has 3 atom stereocenters. The second kappa shape index (κ2) is 10.6. The summed E-state index contributed by atoms with van der Waals surface area (Å²) in [6.45, 7) is 2.83. The highest BCUT2D eigenvalue weighted by molar-refractivity contribution is 6.42. The molecule has 0 radical (unpaired) electrons. The summed E-state index contributed by atoms with van der Waals surface area (Å²) < 4.78 is 10.5. The number of nitrogens with one attached hydrogen (secondary N) is 1. The zero-order valence-electron chi connectivity index (χ0n) is 18.0. The van der Waals surface area contributed by atoms with Crippen molar-refractivity contribution in [3.05, 3.63) is 27.7 Å². The van der Waals surface area contributed by atoms with Gasteiger partial charge in [-0.2, -0.15) is 0 Å². The van der Waals surface area contributed by atoms with Crippen molar-refractivity contribution < 1.29 is 29.0 Å². The third-order valence-corrected chi connectivity index (χ3v) is 6.75. The van der Waals surface area contributed by atoms with Crippen molar-refractivity contribution in [2.45, 2.75) is 37.8 Å². The summed E-state index contributed by atoms with van der Waals surface area (Å²) >= 11 is 12.7. The summed E-state index contributed by atoms with van der Waals surface area (Å²) in [6, 6.07) is 2.72. The van der Waals surface area contributed by atoms with E-state index in [1.54, 1.807) is 19.1 Å². The molecule has 2 aliphatic rings. The van der Waals surface area contributed by atoms with E-state index in [9.17, 15) is 19.5 Å². The number of nitrogens with zero attached hydrogens (tertiary/aromatic N) is 2. The van der Waals surface area contributed by atoms with Crippen LogP contribution in [0, 0.1) is 0 Å². The number of likely N-dealkylation sites (tertiary alicyclic amines) is 1. The van der Waals surface area contributed by atoms with Crippen LogP contribution in [0.15, 0.2) is 12.1 Å². The van der Waals surface area contributed by atoms with E-state index in [-0.39, 0.29) is 50.5 Å². The van der Waals surface area contributed by atoms with Crippen molar-refractivity contribution in [3.63, 3.8) is 0 Å². The summed E-state index contributed by atoms with van der Waals surface area (Å²) in [6.07, 6.45) is -0.349. The number of halogens is 2. The lowest BCUT2D eigenvalue weighted by Crippen LogP contribution is -2.49. The molecule has 2 fully saturated rings. The van der Waals surface area contributed by atoms with Crippen LogP contribution in [0.1, 0.15) is 31.2 Å². The van der Waals surface area contributed by atoms with Crippen LogP contribution in [0.4, 0.5) is 4.79 Å². The number of carbonyl (C=O) groups is 3. The summed E-state index contributed by atoms with van der Waals surface area (Å²) in [7, 11) is 1.52. The number of hydrogen-bond donors (Lipinski definition) is 2. The van der Waals surface area contributed by atoms with Gasteiger partial charge in [0, 0.05) is 49.6 Å². The van der Waals surface area contributed by atoms with Crippen LogP contribution in [-0.2, 0) is 14.3 Å². The molecular formula is C21H27Cl2N3O6. The van der Waals surface area contributed by atoms with Gasteiger partial charge in [-0.15, -0.1) is 0 Å². The number of methoxy groups -OCH3 is 1. The predicted molar refractivity (Wildman–Crippen MR) is 119 cm³/mol. The Morgan fingerprint density at radius 3 is 2.69 bits per heavy atom. The molecule has 2 N–H and O–H groups in total.